The van der Waals surface area contributed by atoms with E-state index in [0.717, 1.165) is 44.3 Å². The number of carbonyl (C=O) groups is 1. The number of hydrogen-bond donors (Lipinski definition) is 3. The van der Waals surface area contributed by atoms with Crippen molar-refractivity contribution in [3.63, 3.8) is 0 Å². The minimum absolute atomic E-state index is 0.148. The molecule has 0 aliphatic carbocycles. The first kappa shape index (κ1) is 16.3. The molecule has 0 aliphatic rings. The molecular formula is C22H17N5O. The summed E-state index contributed by atoms with van der Waals surface area (Å²) in [6, 6.07) is 19.5. The Morgan fingerprint density at radius 1 is 0.964 bits per heavy atom. The summed E-state index contributed by atoms with van der Waals surface area (Å²) in [6.45, 7) is 1.92. The number of amides is 1. The molecule has 3 N–H and O–H groups in total. The van der Waals surface area contributed by atoms with Crippen LogP contribution in [0.4, 0.5) is 5.69 Å². The molecule has 6 heteroatoms. The van der Waals surface area contributed by atoms with Gasteiger partial charge in [-0.1, -0.05) is 30.3 Å². The molecule has 0 atom stereocenters. The SMILES string of the molecule is Cc1cc2[nH]ncc2cc1C(=O)Nc1ccc2[nH]nc(-c3ccccc3)c2c1. The van der Waals surface area contributed by atoms with Gasteiger partial charge in [0.05, 0.1) is 22.9 Å². The molecule has 3 aromatic carbocycles. The average molecular weight is 367 g/mol. The number of carbonyl (C=O) groups excluding carboxylic acids is 1. The zero-order valence-corrected chi connectivity index (χ0v) is 15.2. The van der Waals surface area contributed by atoms with Crippen LogP contribution in [-0.2, 0) is 0 Å². The number of H-pyrrole nitrogens is 2. The minimum Gasteiger partial charge on any atom is -0.322 e. The van der Waals surface area contributed by atoms with Crippen LogP contribution in [0.3, 0.4) is 0 Å². The predicted octanol–water partition coefficient (Wildman–Crippen LogP) is 4.67. The van der Waals surface area contributed by atoms with Gasteiger partial charge >= 0.3 is 0 Å². The van der Waals surface area contributed by atoms with Crippen LogP contribution in [0.15, 0.2) is 66.9 Å². The van der Waals surface area contributed by atoms with E-state index >= 15 is 0 Å². The van der Waals surface area contributed by atoms with E-state index in [4.69, 9.17) is 0 Å². The maximum absolute atomic E-state index is 12.9. The lowest BCUT2D eigenvalue weighted by atomic mass is 10.0. The zero-order valence-electron chi connectivity index (χ0n) is 15.2. The van der Waals surface area contributed by atoms with E-state index in [1.807, 2.05) is 67.6 Å². The Morgan fingerprint density at radius 3 is 2.68 bits per heavy atom. The van der Waals surface area contributed by atoms with E-state index in [1.165, 1.54) is 0 Å². The Bertz CT molecular complexity index is 1320. The van der Waals surface area contributed by atoms with Crippen LogP contribution in [-0.4, -0.2) is 26.3 Å². The van der Waals surface area contributed by atoms with Crippen molar-refractivity contribution in [2.75, 3.05) is 5.32 Å². The molecule has 0 fully saturated rings. The lowest BCUT2D eigenvalue weighted by molar-refractivity contribution is 0.102. The highest BCUT2D eigenvalue weighted by atomic mass is 16.1. The summed E-state index contributed by atoms with van der Waals surface area (Å²) in [5.41, 5.74) is 5.98. The van der Waals surface area contributed by atoms with Crippen molar-refractivity contribution < 1.29 is 4.79 Å². The van der Waals surface area contributed by atoms with Gasteiger partial charge < -0.3 is 5.32 Å². The lowest BCUT2D eigenvalue weighted by Gasteiger charge is -2.08. The van der Waals surface area contributed by atoms with E-state index in [9.17, 15) is 4.79 Å². The van der Waals surface area contributed by atoms with Gasteiger partial charge in [0.2, 0.25) is 0 Å². The standard InChI is InChI=1S/C22H17N5O/c1-13-9-20-15(12-23-25-20)10-17(13)22(28)24-16-7-8-19-18(11-16)21(27-26-19)14-5-3-2-4-6-14/h2-12H,1H3,(H,23,25)(H,24,28)(H,26,27). The Hall–Kier alpha value is -3.93. The Kier molecular flexibility index (Phi) is 3.69. The molecule has 0 radical (unpaired) electrons. The van der Waals surface area contributed by atoms with E-state index in [1.54, 1.807) is 6.20 Å². The highest BCUT2D eigenvalue weighted by Gasteiger charge is 2.13. The van der Waals surface area contributed by atoms with Crippen LogP contribution in [0, 0.1) is 6.92 Å². The van der Waals surface area contributed by atoms with E-state index in [2.05, 4.69) is 25.7 Å². The van der Waals surface area contributed by atoms with Gasteiger partial charge in [-0.15, -0.1) is 0 Å². The summed E-state index contributed by atoms with van der Waals surface area (Å²) in [5.74, 6) is -0.148. The number of fused-ring (bicyclic) bond motifs is 2. The zero-order chi connectivity index (χ0) is 19.1. The van der Waals surface area contributed by atoms with Crippen LogP contribution < -0.4 is 5.32 Å². The maximum atomic E-state index is 12.9. The second kappa shape index (κ2) is 6.35. The number of rotatable bonds is 3. The molecule has 2 aromatic heterocycles. The number of aromatic nitrogens is 4. The van der Waals surface area contributed by atoms with Gasteiger partial charge in [0, 0.05) is 27.6 Å². The van der Waals surface area contributed by atoms with Crippen LogP contribution in [0.5, 0.6) is 0 Å². The van der Waals surface area contributed by atoms with E-state index < -0.39 is 0 Å². The van der Waals surface area contributed by atoms with Gasteiger partial charge in [-0.05, 0) is 42.8 Å². The van der Waals surface area contributed by atoms with Gasteiger partial charge in [-0.25, -0.2) is 0 Å². The number of hydrogen-bond acceptors (Lipinski definition) is 3. The van der Waals surface area contributed by atoms with Crippen molar-refractivity contribution in [1.82, 2.24) is 20.4 Å². The smallest absolute Gasteiger partial charge is 0.255 e. The van der Waals surface area contributed by atoms with Crippen LogP contribution in [0.25, 0.3) is 33.1 Å². The minimum atomic E-state index is -0.148. The first-order chi connectivity index (χ1) is 13.7. The summed E-state index contributed by atoms with van der Waals surface area (Å²) in [4.78, 5) is 12.9. The third-order valence-corrected chi connectivity index (χ3v) is 4.90. The lowest BCUT2D eigenvalue weighted by Crippen LogP contribution is -2.13. The molecule has 5 rings (SSSR count). The quantitative estimate of drug-likeness (QED) is 0.433. The Labute approximate surface area is 160 Å². The molecular weight excluding hydrogens is 350 g/mol. The third-order valence-electron chi connectivity index (χ3n) is 4.90. The monoisotopic (exact) mass is 367 g/mol. The van der Waals surface area contributed by atoms with E-state index in [-0.39, 0.29) is 5.91 Å². The molecule has 0 bridgehead atoms. The number of anilines is 1. The molecule has 0 aliphatic heterocycles. The first-order valence-electron chi connectivity index (χ1n) is 8.98. The fourth-order valence-corrected chi connectivity index (χ4v) is 3.45. The number of nitrogens with zero attached hydrogens (tertiary/aromatic N) is 2. The van der Waals surface area contributed by atoms with E-state index in [0.29, 0.717) is 5.56 Å². The average Bonchev–Trinajstić information content (AvgIpc) is 3.34. The van der Waals surface area contributed by atoms with Crippen LogP contribution in [0.1, 0.15) is 15.9 Å². The molecule has 0 saturated carbocycles. The fraction of sp³-hybridized carbons (Fsp3) is 0.0455. The molecule has 0 unspecified atom stereocenters. The molecule has 5 aromatic rings. The molecule has 2 heterocycles. The largest absolute Gasteiger partial charge is 0.322 e. The summed E-state index contributed by atoms with van der Waals surface area (Å²) < 4.78 is 0. The summed E-state index contributed by atoms with van der Waals surface area (Å²) in [5, 5.41) is 19.3. The molecule has 1 amide bonds. The first-order valence-corrected chi connectivity index (χ1v) is 8.98. The topological polar surface area (TPSA) is 86.5 Å². The van der Waals surface area contributed by atoms with Gasteiger partial charge in [-0.2, -0.15) is 10.2 Å². The Balaban J connectivity index is 1.50. The highest BCUT2D eigenvalue weighted by molar-refractivity contribution is 6.08. The molecule has 6 nitrogen and oxygen atoms in total. The maximum Gasteiger partial charge on any atom is 0.255 e. The van der Waals surface area contributed by atoms with Crippen molar-refractivity contribution in [3.05, 3.63) is 78.0 Å². The second-order valence-corrected chi connectivity index (χ2v) is 6.78. The van der Waals surface area contributed by atoms with Gasteiger partial charge in [0.1, 0.15) is 0 Å². The number of benzene rings is 3. The molecule has 136 valence electrons. The van der Waals surface area contributed by atoms with Crippen molar-refractivity contribution in [3.8, 4) is 11.3 Å². The predicted molar refractivity (Wildman–Crippen MR) is 110 cm³/mol. The van der Waals surface area contributed by atoms with Gasteiger partial charge in [-0.3, -0.25) is 15.0 Å². The third kappa shape index (κ3) is 2.72. The molecule has 28 heavy (non-hydrogen) atoms. The second-order valence-electron chi connectivity index (χ2n) is 6.78. The van der Waals surface area contributed by atoms with Crippen molar-refractivity contribution in [2.24, 2.45) is 0 Å². The molecule has 0 saturated heterocycles. The van der Waals surface area contributed by atoms with Gasteiger partial charge in [0.25, 0.3) is 5.91 Å². The van der Waals surface area contributed by atoms with Crippen LogP contribution in [0.2, 0.25) is 0 Å². The molecule has 0 spiro atoms. The van der Waals surface area contributed by atoms with Crippen molar-refractivity contribution >= 4 is 33.4 Å². The van der Waals surface area contributed by atoms with Crippen LogP contribution >= 0.6 is 0 Å². The summed E-state index contributed by atoms with van der Waals surface area (Å²) in [7, 11) is 0. The highest BCUT2D eigenvalue weighted by Crippen LogP contribution is 2.28. The number of aryl methyl sites for hydroxylation is 1. The van der Waals surface area contributed by atoms with Gasteiger partial charge in [0.15, 0.2) is 0 Å². The van der Waals surface area contributed by atoms with Crippen molar-refractivity contribution in [1.29, 1.82) is 0 Å². The summed E-state index contributed by atoms with van der Waals surface area (Å²) >= 11 is 0. The summed E-state index contributed by atoms with van der Waals surface area (Å²) in [6.07, 6.45) is 1.72. The Morgan fingerprint density at radius 2 is 1.82 bits per heavy atom. The van der Waals surface area contributed by atoms with Crippen molar-refractivity contribution in [2.45, 2.75) is 6.92 Å². The number of nitrogens with one attached hydrogen (secondary N) is 3. The normalized spacial score (nSPS) is 11.2. The fourth-order valence-electron chi connectivity index (χ4n) is 3.45. The number of aromatic amines is 2.